The Labute approximate surface area is 159 Å². The van der Waals surface area contributed by atoms with Crippen LogP contribution in [0.15, 0.2) is 35.1 Å². The van der Waals surface area contributed by atoms with Crippen molar-refractivity contribution in [1.82, 2.24) is 9.88 Å². The first kappa shape index (κ1) is 17.7. The number of para-hydroxylation sites is 1. The highest BCUT2D eigenvalue weighted by molar-refractivity contribution is 7.12. The summed E-state index contributed by atoms with van der Waals surface area (Å²) in [4.78, 5) is 42.3. The number of aromatic nitrogens is 1. The molecule has 0 radical (unpaired) electrons. The predicted octanol–water partition coefficient (Wildman–Crippen LogP) is 3.16. The van der Waals surface area contributed by atoms with Gasteiger partial charge in [0, 0.05) is 35.8 Å². The summed E-state index contributed by atoms with van der Waals surface area (Å²) in [6.45, 7) is 1.18. The van der Waals surface area contributed by atoms with Gasteiger partial charge in [-0.2, -0.15) is 0 Å². The number of carbonyl (C=O) groups excluding carboxylic acids is 2. The molecule has 1 aliphatic heterocycles. The Hall–Kier alpha value is -2.67. The lowest BCUT2D eigenvalue weighted by molar-refractivity contribution is -0.142. The van der Waals surface area contributed by atoms with Crippen LogP contribution in [-0.2, 0) is 9.53 Å². The van der Waals surface area contributed by atoms with Crippen molar-refractivity contribution in [2.24, 2.45) is 5.92 Å². The molecule has 27 heavy (non-hydrogen) atoms. The number of esters is 1. The molecule has 3 aromatic rings. The molecule has 1 fully saturated rings. The molecule has 0 spiro atoms. The molecule has 1 N–H and O–H groups in total. The summed E-state index contributed by atoms with van der Waals surface area (Å²) >= 11 is 0.987. The van der Waals surface area contributed by atoms with E-state index >= 15 is 0 Å². The lowest BCUT2D eigenvalue weighted by Gasteiger charge is -2.31. The summed E-state index contributed by atoms with van der Waals surface area (Å²) in [5.74, 6) is -0.0695. The van der Waals surface area contributed by atoms with Crippen molar-refractivity contribution in [1.29, 1.82) is 0 Å². The first-order chi connectivity index (χ1) is 13.1. The average Bonchev–Trinajstić information content (AvgIpc) is 3.07. The molecule has 140 valence electrons. The smallest absolute Gasteiger partial charge is 0.305 e. The maximum absolute atomic E-state index is 12.9. The van der Waals surface area contributed by atoms with Crippen molar-refractivity contribution >= 4 is 45.0 Å². The number of amides is 1. The topological polar surface area (TPSA) is 79.5 Å². The Morgan fingerprint density at radius 2 is 1.96 bits per heavy atom. The molecule has 0 aliphatic carbocycles. The largest absolute Gasteiger partial charge is 0.469 e. The lowest BCUT2D eigenvalue weighted by Crippen LogP contribution is -2.38. The van der Waals surface area contributed by atoms with Crippen LogP contribution in [0.5, 0.6) is 0 Å². The zero-order valence-corrected chi connectivity index (χ0v) is 15.8. The number of nitrogens with one attached hydrogen (secondary N) is 1. The van der Waals surface area contributed by atoms with Crippen molar-refractivity contribution in [2.45, 2.75) is 19.3 Å². The van der Waals surface area contributed by atoms with E-state index < -0.39 is 0 Å². The second kappa shape index (κ2) is 7.15. The van der Waals surface area contributed by atoms with E-state index in [1.54, 1.807) is 4.90 Å². The van der Waals surface area contributed by atoms with Gasteiger partial charge < -0.3 is 14.6 Å². The third-order valence-corrected chi connectivity index (χ3v) is 6.13. The molecular weight excluding hydrogens is 364 g/mol. The Bertz CT molecular complexity index is 1080. The number of ether oxygens (including phenoxy) is 1. The molecule has 3 heterocycles. The molecular formula is C20H20N2O4S. The molecule has 0 unspecified atom stereocenters. The quantitative estimate of drug-likeness (QED) is 0.704. The predicted molar refractivity (Wildman–Crippen MR) is 105 cm³/mol. The summed E-state index contributed by atoms with van der Waals surface area (Å²) in [7, 11) is 1.39. The number of benzene rings is 1. The zero-order valence-electron chi connectivity index (χ0n) is 15.0. The zero-order chi connectivity index (χ0) is 19.0. The number of likely N-dealkylation sites (tertiary alicyclic amines) is 1. The van der Waals surface area contributed by atoms with Gasteiger partial charge in [0.15, 0.2) is 0 Å². The molecule has 7 heteroatoms. The van der Waals surface area contributed by atoms with Crippen molar-refractivity contribution < 1.29 is 14.3 Å². The number of hydrogen-bond donors (Lipinski definition) is 1. The SMILES string of the molecule is COC(=O)CC1CCN(C(=O)c2cc3c([nH]c4ccccc43)c(=O)s2)CC1. The summed E-state index contributed by atoms with van der Waals surface area (Å²) in [6.07, 6.45) is 1.93. The summed E-state index contributed by atoms with van der Waals surface area (Å²) in [6, 6.07) is 9.53. The second-order valence-corrected chi connectivity index (χ2v) is 7.89. The highest BCUT2D eigenvalue weighted by Gasteiger charge is 2.26. The van der Waals surface area contributed by atoms with Gasteiger partial charge >= 0.3 is 5.97 Å². The Balaban J connectivity index is 1.57. The number of methoxy groups -OCH3 is 1. The molecule has 1 amide bonds. The molecule has 1 aliphatic rings. The molecule has 1 saturated heterocycles. The van der Waals surface area contributed by atoms with E-state index in [1.807, 2.05) is 30.3 Å². The van der Waals surface area contributed by atoms with E-state index in [9.17, 15) is 14.4 Å². The van der Waals surface area contributed by atoms with Gasteiger partial charge in [0.2, 0.25) is 0 Å². The molecule has 1 aromatic carbocycles. The number of nitrogens with zero attached hydrogens (tertiary/aromatic N) is 1. The third-order valence-electron chi connectivity index (χ3n) is 5.22. The summed E-state index contributed by atoms with van der Waals surface area (Å²) < 4.78 is 4.59. The van der Waals surface area contributed by atoms with Gasteiger partial charge in [-0.05, 0) is 30.9 Å². The maximum atomic E-state index is 12.9. The third kappa shape index (κ3) is 3.35. The minimum Gasteiger partial charge on any atom is -0.469 e. The Morgan fingerprint density at radius 3 is 2.70 bits per heavy atom. The van der Waals surface area contributed by atoms with E-state index in [0.717, 1.165) is 40.5 Å². The van der Waals surface area contributed by atoms with Crippen LogP contribution in [0.3, 0.4) is 0 Å². The lowest BCUT2D eigenvalue weighted by atomic mass is 9.93. The van der Waals surface area contributed by atoms with Gasteiger partial charge in [-0.1, -0.05) is 29.5 Å². The van der Waals surface area contributed by atoms with Crippen molar-refractivity contribution in [3.05, 3.63) is 44.7 Å². The number of carbonyl (C=O) groups is 2. The number of aromatic amines is 1. The van der Waals surface area contributed by atoms with Crippen LogP contribution >= 0.6 is 11.3 Å². The fraction of sp³-hybridized carbons (Fsp3) is 0.350. The monoisotopic (exact) mass is 384 g/mol. The maximum Gasteiger partial charge on any atom is 0.305 e. The van der Waals surface area contributed by atoms with Gasteiger partial charge in [0.25, 0.3) is 10.6 Å². The van der Waals surface area contributed by atoms with Crippen molar-refractivity contribution in [3.8, 4) is 0 Å². The van der Waals surface area contributed by atoms with Gasteiger partial charge in [-0.3, -0.25) is 14.4 Å². The van der Waals surface area contributed by atoms with Crippen LogP contribution in [0.4, 0.5) is 0 Å². The molecule has 0 saturated carbocycles. The number of fused-ring (bicyclic) bond motifs is 3. The number of piperidine rings is 1. The Morgan fingerprint density at radius 1 is 1.22 bits per heavy atom. The number of rotatable bonds is 3. The van der Waals surface area contributed by atoms with Gasteiger partial charge in [0.1, 0.15) is 5.52 Å². The van der Waals surface area contributed by atoms with Gasteiger partial charge in [-0.15, -0.1) is 0 Å². The molecule has 0 atom stereocenters. The molecule has 2 aromatic heterocycles. The first-order valence-corrected chi connectivity index (χ1v) is 9.79. The van der Waals surface area contributed by atoms with Crippen LogP contribution < -0.4 is 4.74 Å². The van der Waals surface area contributed by atoms with Crippen LogP contribution in [0.1, 0.15) is 28.9 Å². The van der Waals surface area contributed by atoms with Crippen LogP contribution in [0.25, 0.3) is 21.8 Å². The van der Waals surface area contributed by atoms with E-state index in [0.29, 0.717) is 29.9 Å². The van der Waals surface area contributed by atoms with Crippen molar-refractivity contribution in [3.63, 3.8) is 0 Å². The normalized spacial score (nSPS) is 15.4. The molecule has 4 rings (SSSR count). The van der Waals surface area contributed by atoms with E-state index in [-0.39, 0.29) is 22.5 Å². The number of H-pyrrole nitrogens is 1. The minimum absolute atomic E-state index is 0.110. The second-order valence-electron chi connectivity index (χ2n) is 6.87. The van der Waals surface area contributed by atoms with Gasteiger partial charge in [0.05, 0.1) is 12.0 Å². The minimum atomic E-state index is -0.206. The molecule has 0 bridgehead atoms. The summed E-state index contributed by atoms with van der Waals surface area (Å²) in [5, 5.41) is 1.74. The van der Waals surface area contributed by atoms with Gasteiger partial charge in [-0.25, -0.2) is 0 Å². The number of hydrogen-bond acceptors (Lipinski definition) is 5. The van der Waals surface area contributed by atoms with Crippen LogP contribution in [0.2, 0.25) is 0 Å². The fourth-order valence-electron chi connectivity index (χ4n) is 3.71. The van der Waals surface area contributed by atoms with Crippen LogP contribution in [-0.4, -0.2) is 42.0 Å². The standard InChI is InChI=1S/C20H20N2O4S/c1-26-17(23)10-12-6-8-22(9-7-12)19(24)16-11-14-13-4-2-3-5-15(13)21-18(14)20(25)27-16/h2-5,11-12,21H,6-10H2,1H3. The first-order valence-electron chi connectivity index (χ1n) is 8.97. The van der Waals surface area contributed by atoms with E-state index in [1.165, 1.54) is 7.11 Å². The highest BCUT2D eigenvalue weighted by atomic mass is 32.1. The molecule has 6 nitrogen and oxygen atoms in total. The fourth-order valence-corrected chi connectivity index (χ4v) is 4.56. The summed E-state index contributed by atoms with van der Waals surface area (Å²) in [5.41, 5.74) is 1.44. The average molecular weight is 384 g/mol. The van der Waals surface area contributed by atoms with Crippen molar-refractivity contribution in [2.75, 3.05) is 20.2 Å². The van der Waals surface area contributed by atoms with E-state index in [4.69, 9.17) is 4.74 Å². The van der Waals surface area contributed by atoms with Crippen LogP contribution in [0, 0.1) is 5.92 Å². The van der Waals surface area contributed by atoms with E-state index in [2.05, 4.69) is 4.98 Å². The Kier molecular flexibility index (Phi) is 4.70. The highest BCUT2D eigenvalue weighted by Crippen LogP contribution is 2.27.